The maximum atomic E-state index is 6.24. The van der Waals surface area contributed by atoms with Gasteiger partial charge in [-0.05, 0) is 61.4 Å². The average Bonchev–Trinajstić information content (AvgIpc) is 3.63. The summed E-state index contributed by atoms with van der Waals surface area (Å²) in [5.41, 5.74) is 5.36. The maximum absolute atomic E-state index is 6.24. The van der Waals surface area contributed by atoms with E-state index in [1.807, 2.05) is 79.9 Å². The average molecular weight is 656 g/mol. The molecular weight excluding hydrogens is 631 g/mol. The van der Waals surface area contributed by atoms with Gasteiger partial charge in [-0.3, -0.25) is 9.97 Å². The van der Waals surface area contributed by atoms with Crippen molar-refractivity contribution in [2.24, 2.45) is 0 Å². The third-order valence-corrected chi connectivity index (χ3v) is 7.32. The molecule has 0 aliphatic rings. The molecule has 0 aromatic carbocycles. The van der Waals surface area contributed by atoms with Crippen LogP contribution in [0.25, 0.3) is 22.8 Å². The highest BCUT2D eigenvalue weighted by atomic mass is 35.5. The predicted octanol–water partition coefficient (Wildman–Crippen LogP) is 9.38. The Morgan fingerprint density at radius 1 is 0.643 bits per heavy atom. The fourth-order valence-corrected chi connectivity index (χ4v) is 5.18. The molecule has 0 unspecified atom stereocenters. The summed E-state index contributed by atoms with van der Waals surface area (Å²) in [7, 11) is 0. The molecular formula is C29H25Cl3N8S2. The zero-order valence-corrected chi connectivity index (χ0v) is 26.4. The summed E-state index contributed by atoms with van der Waals surface area (Å²) in [5, 5.41) is 10.1. The standard InChI is InChI=1S/C14H11ClN4S.C14H12N4S.CH2Cl2/c1-9-5-4-8-17-13(9)19-14-18-11(12(15)20-14)10-6-2-3-7-16-10;1-10-5-4-8-16-13(10)18-14-17-12(9-19-14)11-6-2-3-7-15-11;2-1-3/h2-8H,1H3,(H,17,18,19);2-9H,1H3,(H,16,17,18);1H2. The highest BCUT2D eigenvalue weighted by Gasteiger charge is 2.13. The van der Waals surface area contributed by atoms with Crippen LogP contribution in [0.2, 0.25) is 4.34 Å². The molecule has 0 aliphatic carbocycles. The van der Waals surface area contributed by atoms with Gasteiger partial charge in [0.05, 0.1) is 16.7 Å². The fourth-order valence-electron chi connectivity index (χ4n) is 3.41. The second-order valence-electron chi connectivity index (χ2n) is 8.30. The van der Waals surface area contributed by atoms with Crippen molar-refractivity contribution in [1.82, 2.24) is 29.9 Å². The van der Waals surface area contributed by atoms with Gasteiger partial charge in [-0.2, -0.15) is 0 Å². The molecule has 6 aromatic heterocycles. The number of anilines is 4. The number of thiazole rings is 2. The maximum Gasteiger partial charge on any atom is 0.190 e. The number of halogens is 3. The van der Waals surface area contributed by atoms with Crippen LogP contribution in [-0.4, -0.2) is 35.2 Å². The molecule has 0 radical (unpaired) electrons. The third kappa shape index (κ3) is 8.91. The van der Waals surface area contributed by atoms with E-state index in [2.05, 4.69) is 40.5 Å². The third-order valence-electron chi connectivity index (χ3n) is 5.39. The van der Waals surface area contributed by atoms with Crippen molar-refractivity contribution in [1.29, 1.82) is 0 Å². The minimum absolute atomic E-state index is 0.194. The van der Waals surface area contributed by atoms with Gasteiger partial charge >= 0.3 is 0 Å². The molecule has 0 fully saturated rings. The lowest BCUT2D eigenvalue weighted by atomic mass is 10.3. The number of nitrogens with zero attached hydrogens (tertiary/aromatic N) is 6. The number of alkyl halides is 2. The Labute approximate surface area is 266 Å². The zero-order chi connectivity index (χ0) is 29.7. The number of aryl methyl sites for hydroxylation is 2. The van der Waals surface area contributed by atoms with Gasteiger partial charge in [0.1, 0.15) is 27.4 Å². The molecule has 0 amide bonds. The molecule has 214 valence electrons. The van der Waals surface area contributed by atoms with Gasteiger partial charge in [-0.15, -0.1) is 34.5 Å². The highest BCUT2D eigenvalue weighted by Crippen LogP contribution is 2.35. The van der Waals surface area contributed by atoms with Crippen LogP contribution in [0.15, 0.2) is 90.8 Å². The van der Waals surface area contributed by atoms with E-state index in [1.165, 1.54) is 11.3 Å². The first-order valence-electron chi connectivity index (χ1n) is 12.4. The first-order chi connectivity index (χ1) is 20.5. The van der Waals surface area contributed by atoms with Crippen LogP contribution in [-0.2, 0) is 0 Å². The molecule has 0 spiro atoms. The van der Waals surface area contributed by atoms with Crippen LogP contribution in [0, 0.1) is 13.8 Å². The minimum atomic E-state index is 0.194. The van der Waals surface area contributed by atoms with Crippen molar-refractivity contribution >= 4 is 79.4 Å². The summed E-state index contributed by atoms with van der Waals surface area (Å²) < 4.78 is 0.611. The van der Waals surface area contributed by atoms with Crippen LogP contribution >= 0.6 is 57.5 Å². The van der Waals surface area contributed by atoms with E-state index < -0.39 is 0 Å². The van der Waals surface area contributed by atoms with Crippen molar-refractivity contribution in [2.45, 2.75) is 13.8 Å². The van der Waals surface area contributed by atoms with Gasteiger partial charge < -0.3 is 10.6 Å². The molecule has 2 N–H and O–H groups in total. The Morgan fingerprint density at radius 3 is 1.74 bits per heavy atom. The molecule has 42 heavy (non-hydrogen) atoms. The molecule has 6 heterocycles. The normalized spacial score (nSPS) is 10.1. The fraction of sp³-hybridized carbons (Fsp3) is 0.103. The van der Waals surface area contributed by atoms with Gasteiger partial charge in [0, 0.05) is 30.2 Å². The molecule has 0 aliphatic heterocycles. The van der Waals surface area contributed by atoms with E-state index in [1.54, 1.807) is 36.1 Å². The number of nitrogens with one attached hydrogen (secondary N) is 2. The van der Waals surface area contributed by atoms with Crippen molar-refractivity contribution in [3.63, 3.8) is 0 Å². The monoisotopic (exact) mass is 654 g/mol. The molecule has 6 rings (SSSR count). The summed E-state index contributed by atoms with van der Waals surface area (Å²) in [5.74, 6) is 1.62. The summed E-state index contributed by atoms with van der Waals surface area (Å²) in [6.07, 6.45) is 7.00. The van der Waals surface area contributed by atoms with Gasteiger partial charge in [-0.1, -0.05) is 47.2 Å². The summed E-state index contributed by atoms with van der Waals surface area (Å²) in [6, 6.07) is 19.3. The second-order valence-corrected chi connectivity index (χ2v) is 11.6. The topological polar surface area (TPSA) is 101 Å². The Kier molecular flexibility index (Phi) is 12.0. The summed E-state index contributed by atoms with van der Waals surface area (Å²) in [6.45, 7) is 4.01. The first kappa shape index (κ1) is 31.3. The first-order valence-corrected chi connectivity index (χ1v) is 15.6. The Balaban J connectivity index is 0.000000177. The van der Waals surface area contributed by atoms with Crippen molar-refractivity contribution in [3.8, 4) is 22.8 Å². The Hall–Kier alpha value is -3.67. The number of hydrogen-bond donors (Lipinski definition) is 2. The van der Waals surface area contributed by atoms with Gasteiger partial charge in [0.25, 0.3) is 0 Å². The lowest BCUT2D eigenvalue weighted by Gasteiger charge is -2.03. The van der Waals surface area contributed by atoms with E-state index in [4.69, 9.17) is 34.8 Å². The lowest BCUT2D eigenvalue weighted by Crippen LogP contribution is -1.95. The number of rotatable bonds is 6. The largest absolute Gasteiger partial charge is 0.316 e. The number of aromatic nitrogens is 6. The zero-order valence-electron chi connectivity index (χ0n) is 22.5. The smallest absolute Gasteiger partial charge is 0.190 e. The summed E-state index contributed by atoms with van der Waals surface area (Å²) >= 11 is 18.7. The van der Waals surface area contributed by atoms with E-state index in [0.717, 1.165) is 45.0 Å². The molecule has 0 atom stereocenters. The highest BCUT2D eigenvalue weighted by molar-refractivity contribution is 7.20. The van der Waals surface area contributed by atoms with Crippen LogP contribution in [0.4, 0.5) is 21.9 Å². The van der Waals surface area contributed by atoms with Gasteiger partial charge in [0.15, 0.2) is 10.3 Å². The Bertz CT molecular complexity index is 1680. The summed E-state index contributed by atoms with van der Waals surface area (Å²) in [4.78, 5) is 26.1. The van der Waals surface area contributed by atoms with Crippen molar-refractivity contribution in [2.75, 3.05) is 16.0 Å². The van der Waals surface area contributed by atoms with Crippen LogP contribution in [0.5, 0.6) is 0 Å². The predicted molar refractivity (Wildman–Crippen MR) is 177 cm³/mol. The van der Waals surface area contributed by atoms with Crippen molar-refractivity contribution < 1.29 is 0 Å². The molecule has 0 saturated heterocycles. The SMILES string of the molecule is Cc1cccnc1Nc1nc(-c2ccccn2)c(Cl)s1.Cc1cccnc1Nc1nc(-c2ccccn2)cs1.ClCCl. The van der Waals surface area contributed by atoms with Crippen molar-refractivity contribution in [3.05, 3.63) is 106 Å². The molecule has 0 saturated carbocycles. The second kappa shape index (κ2) is 16.1. The minimum Gasteiger partial charge on any atom is -0.316 e. The van der Waals surface area contributed by atoms with Crippen LogP contribution < -0.4 is 10.6 Å². The van der Waals surface area contributed by atoms with Crippen LogP contribution in [0.1, 0.15) is 11.1 Å². The van der Waals surface area contributed by atoms with Crippen LogP contribution in [0.3, 0.4) is 0 Å². The number of pyridine rings is 4. The van der Waals surface area contributed by atoms with E-state index in [0.29, 0.717) is 15.2 Å². The molecule has 6 aromatic rings. The molecule has 8 nitrogen and oxygen atoms in total. The molecule has 13 heteroatoms. The molecule has 0 bridgehead atoms. The lowest BCUT2D eigenvalue weighted by molar-refractivity contribution is 1.23. The number of hydrogen-bond acceptors (Lipinski definition) is 10. The van der Waals surface area contributed by atoms with E-state index in [-0.39, 0.29) is 5.34 Å². The van der Waals surface area contributed by atoms with Gasteiger partial charge in [-0.25, -0.2) is 19.9 Å². The van der Waals surface area contributed by atoms with Gasteiger partial charge in [0.2, 0.25) is 0 Å². The quantitative estimate of drug-likeness (QED) is 0.171. The Morgan fingerprint density at radius 2 is 1.19 bits per heavy atom. The van der Waals surface area contributed by atoms with E-state index in [9.17, 15) is 0 Å². The van der Waals surface area contributed by atoms with E-state index >= 15 is 0 Å².